The lowest BCUT2D eigenvalue weighted by Gasteiger charge is -2.34. The van der Waals surface area contributed by atoms with Gasteiger partial charge in [0, 0.05) is 41.4 Å². The average molecular weight is 407 g/mol. The van der Waals surface area contributed by atoms with Crippen molar-refractivity contribution in [1.29, 1.82) is 0 Å². The Hall–Kier alpha value is -1.75. The number of piperidine rings is 1. The number of hydrogen-bond acceptors (Lipinski definition) is 3. The Morgan fingerprint density at radius 2 is 1.85 bits per heavy atom. The minimum Gasteiger partial charge on any atom is -0.497 e. The molecule has 1 amide bonds. The van der Waals surface area contributed by atoms with E-state index in [9.17, 15) is 4.79 Å². The molecule has 1 heterocycles. The van der Waals surface area contributed by atoms with Crippen LogP contribution in [-0.4, -0.2) is 38.1 Å². The first-order valence-corrected chi connectivity index (χ1v) is 9.82. The maximum absolute atomic E-state index is 13.0. The van der Waals surface area contributed by atoms with E-state index in [1.54, 1.807) is 12.0 Å². The van der Waals surface area contributed by atoms with Crippen molar-refractivity contribution in [2.45, 2.75) is 19.4 Å². The number of anilines is 1. The molecule has 0 radical (unpaired) electrons. The highest BCUT2D eigenvalue weighted by atomic mass is 35.5. The largest absolute Gasteiger partial charge is 0.497 e. The van der Waals surface area contributed by atoms with Gasteiger partial charge in [-0.1, -0.05) is 29.3 Å². The minimum absolute atomic E-state index is 0.0351. The van der Waals surface area contributed by atoms with E-state index in [0.717, 1.165) is 36.4 Å². The van der Waals surface area contributed by atoms with Gasteiger partial charge in [0.05, 0.1) is 13.0 Å². The molecule has 2 aromatic carbocycles. The SMILES string of the molecule is COc1ccc(N(C)C(=O)C2CCCN(Cc3c(Cl)cccc3Cl)C2)cc1. The summed E-state index contributed by atoms with van der Waals surface area (Å²) in [6, 6.07) is 13.1. The van der Waals surface area contributed by atoms with Crippen molar-refractivity contribution in [2.24, 2.45) is 5.92 Å². The summed E-state index contributed by atoms with van der Waals surface area (Å²) in [6.45, 7) is 2.31. The minimum atomic E-state index is -0.0351. The Bertz CT molecular complexity index is 775. The summed E-state index contributed by atoms with van der Waals surface area (Å²) in [4.78, 5) is 17.0. The summed E-state index contributed by atoms with van der Waals surface area (Å²) in [5.41, 5.74) is 1.80. The quantitative estimate of drug-likeness (QED) is 0.709. The number of benzene rings is 2. The molecule has 1 saturated heterocycles. The molecule has 1 atom stereocenters. The molecule has 0 aliphatic carbocycles. The second-order valence-electron chi connectivity index (χ2n) is 6.87. The van der Waals surface area contributed by atoms with Crippen molar-refractivity contribution in [3.63, 3.8) is 0 Å². The average Bonchev–Trinajstić information content (AvgIpc) is 2.70. The van der Waals surface area contributed by atoms with Crippen LogP contribution >= 0.6 is 23.2 Å². The fraction of sp³-hybridized carbons (Fsp3) is 0.381. The highest BCUT2D eigenvalue weighted by Gasteiger charge is 2.29. The van der Waals surface area contributed by atoms with E-state index >= 15 is 0 Å². The lowest BCUT2D eigenvalue weighted by atomic mass is 9.96. The molecule has 1 unspecified atom stereocenters. The first-order chi connectivity index (χ1) is 13.0. The Balaban J connectivity index is 1.66. The predicted octanol–water partition coefficient (Wildman–Crippen LogP) is 4.88. The van der Waals surface area contributed by atoms with E-state index in [0.29, 0.717) is 23.1 Å². The third-order valence-electron chi connectivity index (χ3n) is 5.09. The zero-order chi connectivity index (χ0) is 19.4. The van der Waals surface area contributed by atoms with Crippen LogP contribution in [0.4, 0.5) is 5.69 Å². The van der Waals surface area contributed by atoms with Crippen LogP contribution in [0, 0.1) is 5.92 Å². The number of carbonyl (C=O) groups excluding carboxylic acids is 1. The summed E-state index contributed by atoms with van der Waals surface area (Å²) >= 11 is 12.6. The molecule has 1 fully saturated rings. The van der Waals surface area contributed by atoms with Gasteiger partial charge in [0.1, 0.15) is 5.75 Å². The van der Waals surface area contributed by atoms with Gasteiger partial charge in [0.2, 0.25) is 5.91 Å². The molecule has 27 heavy (non-hydrogen) atoms. The third-order valence-corrected chi connectivity index (χ3v) is 5.80. The monoisotopic (exact) mass is 406 g/mol. The molecule has 0 bridgehead atoms. The third kappa shape index (κ3) is 4.75. The Morgan fingerprint density at radius 1 is 1.19 bits per heavy atom. The van der Waals surface area contributed by atoms with Crippen LogP contribution < -0.4 is 9.64 Å². The van der Waals surface area contributed by atoms with Gasteiger partial charge in [-0.25, -0.2) is 0 Å². The zero-order valence-electron chi connectivity index (χ0n) is 15.6. The smallest absolute Gasteiger partial charge is 0.231 e. The Labute approximate surface area is 170 Å². The predicted molar refractivity (Wildman–Crippen MR) is 111 cm³/mol. The van der Waals surface area contributed by atoms with Crippen molar-refractivity contribution in [2.75, 3.05) is 32.1 Å². The maximum atomic E-state index is 13.0. The van der Waals surface area contributed by atoms with Crippen molar-refractivity contribution >= 4 is 34.8 Å². The zero-order valence-corrected chi connectivity index (χ0v) is 17.1. The van der Waals surface area contributed by atoms with Gasteiger partial charge in [-0.15, -0.1) is 0 Å². The number of halogens is 2. The number of likely N-dealkylation sites (tertiary alicyclic amines) is 1. The van der Waals surface area contributed by atoms with Crippen LogP contribution in [-0.2, 0) is 11.3 Å². The van der Waals surface area contributed by atoms with Crippen LogP contribution in [0.5, 0.6) is 5.75 Å². The number of hydrogen-bond donors (Lipinski definition) is 0. The first kappa shape index (κ1) is 20.0. The van der Waals surface area contributed by atoms with Crippen LogP contribution in [0.3, 0.4) is 0 Å². The highest BCUT2D eigenvalue weighted by Crippen LogP contribution is 2.29. The molecular weight excluding hydrogens is 383 g/mol. The molecule has 144 valence electrons. The lowest BCUT2D eigenvalue weighted by molar-refractivity contribution is -0.123. The van der Waals surface area contributed by atoms with Crippen molar-refractivity contribution in [3.8, 4) is 5.75 Å². The Kier molecular flexibility index (Phi) is 6.64. The maximum Gasteiger partial charge on any atom is 0.231 e. The molecule has 2 aromatic rings. The van der Waals surface area contributed by atoms with Crippen molar-refractivity contribution < 1.29 is 9.53 Å². The van der Waals surface area contributed by atoms with Crippen LogP contribution in [0.25, 0.3) is 0 Å². The summed E-state index contributed by atoms with van der Waals surface area (Å²) < 4.78 is 5.18. The van der Waals surface area contributed by atoms with Gasteiger partial charge in [0.15, 0.2) is 0 Å². The van der Waals surface area contributed by atoms with E-state index < -0.39 is 0 Å². The van der Waals surface area contributed by atoms with E-state index in [1.807, 2.05) is 49.5 Å². The summed E-state index contributed by atoms with van der Waals surface area (Å²) in [5, 5.41) is 1.35. The topological polar surface area (TPSA) is 32.8 Å². The van der Waals surface area contributed by atoms with Crippen LogP contribution in [0.2, 0.25) is 10.0 Å². The van der Waals surface area contributed by atoms with E-state index in [2.05, 4.69) is 4.90 Å². The van der Waals surface area contributed by atoms with Crippen LogP contribution in [0.1, 0.15) is 18.4 Å². The summed E-state index contributed by atoms with van der Waals surface area (Å²) in [7, 11) is 3.46. The molecule has 0 saturated carbocycles. The molecule has 0 spiro atoms. The van der Waals surface area contributed by atoms with Gasteiger partial charge in [-0.2, -0.15) is 0 Å². The molecule has 4 nitrogen and oxygen atoms in total. The van der Waals surface area contributed by atoms with E-state index in [1.165, 1.54) is 0 Å². The fourth-order valence-corrected chi connectivity index (χ4v) is 4.03. The molecule has 0 aromatic heterocycles. The van der Waals surface area contributed by atoms with Gasteiger partial charge in [0.25, 0.3) is 0 Å². The number of carbonyl (C=O) groups is 1. The van der Waals surface area contributed by atoms with Gasteiger partial charge in [-0.3, -0.25) is 9.69 Å². The van der Waals surface area contributed by atoms with Crippen molar-refractivity contribution in [1.82, 2.24) is 4.90 Å². The molecule has 0 N–H and O–H groups in total. The number of methoxy groups -OCH3 is 1. The lowest BCUT2D eigenvalue weighted by Crippen LogP contribution is -2.43. The van der Waals surface area contributed by atoms with Crippen molar-refractivity contribution in [3.05, 3.63) is 58.1 Å². The van der Waals surface area contributed by atoms with Gasteiger partial charge < -0.3 is 9.64 Å². The Morgan fingerprint density at radius 3 is 2.48 bits per heavy atom. The molecular formula is C21H24Cl2N2O2. The molecule has 6 heteroatoms. The molecule has 1 aliphatic heterocycles. The molecule has 3 rings (SSSR count). The molecule has 1 aliphatic rings. The van der Waals surface area contributed by atoms with Gasteiger partial charge in [-0.05, 0) is 55.8 Å². The fourth-order valence-electron chi connectivity index (χ4n) is 3.51. The van der Waals surface area contributed by atoms with E-state index in [4.69, 9.17) is 27.9 Å². The summed E-state index contributed by atoms with van der Waals surface area (Å²) in [6.07, 6.45) is 1.88. The second-order valence-corrected chi connectivity index (χ2v) is 7.68. The number of amides is 1. The standard InChI is InChI=1S/C21H24Cl2N2O2/c1-24(16-8-10-17(27-2)11-9-16)21(26)15-5-4-12-25(13-15)14-18-19(22)6-3-7-20(18)23/h3,6-11,15H,4-5,12-14H2,1-2H3. The second kappa shape index (κ2) is 8.96. The number of nitrogens with zero attached hydrogens (tertiary/aromatic N) is 2. The normalized spacial score (nSPS) is 17.6. The number of ether oxygens (including phenoxy) is 1. The summed E-state index contributed by atoms with van der Waals surface area (Å²) in [5.74, 6) is 0.877. The van der Waals surface area contributed by atoms with Gasteiger partial charge >= 0.3 is 0 Å². The highest BCUT2D eigenvalue weighted by molar-refractivity contribution is 6.35. The van der Waals surface area contributed by atoms with Crippen LogP contribution in [0.15, 0.2) is 42.5 Å². The van der Waals surface area contributed by atoms with E-state index in [-0.39, 0.29) is 11.8 Å². The number of rotatable bonds is 5. The first-order valence-electron chi connectivity index (χ1n) is 9.06.